The molecule has 0 aromatic heterocycles. The van der Waals surface area contributed by atoms with E-state index in [0.29, 0.717) is 0 Å². The summed E-state index contributed by atoms with van der Waals surface area (Å²) in [6, 6.07) is 10.5. The van der Waals surface area contributed by atoms with Gasteiger partial charge in [-0.15, -0.1) is 0 Å². The standard InChI is InChI=1S/C16H20FNOS/c1-11(18-20(19)16(2,3)4)14-7-5-6-12-10-13(17)8-9-15(12)14/h5-11,18H,1-4H3. The molecule has 0 aliphatic rings. The van der Waals surface area contributed by atoms with Crippen molar-refractivity contribution >= 4 is 21.8 Å². The van der Waals surface area contributed by atoms with Crippen LogP contribution >= 0.6 is 0 Å². The summed E-state index contributed by atoms with van der Waals surface area (Å²) in [6.07, 6.45) is 0. The number of hydrogen-bond donors (Lipinski definition) is 1. The maximum Gasteiger partial charge on any atom is 0.123 e. The first kappa shape index (κ1) is 15.1. The average Bonchev–Trinajstić information content (AvgIpc) is 2.36. The number of hydrogen-bond acceptors (Lipinski definition) is 1. The van der Waals surface area contributed by atoms with E-state index < -0.39 is 11.0 Å². The van der Waals surface area contributed by atoms with Crippen LogP contribution in [-0.4, -0.2) is 8.96 Å². The minimum absolute atomic E-state index is 0.0655. The Balaban J connectivity index is 2.35. The van der Waals surface area contributed by atoms with Crippen LogP contribution in [0, 0.1) is 5.82 Å². The average molecular weight is 293 g/mol. The fourth-order valence-corrected chi connectivity index (χ4v) is 2.86. The van der Waals surface area contributed by atoms with Crippen LogP contribution in [0.2, 0.25) is 0 Å². The number of fused-ring (bicyclic) bond motifs is 1. The summed E-state index contributed by atoms with van der Waals surface area (Å²) < 4.78 is 28.3. The summed E-state index contributed by atoms with van der Waals surface area (Å²) in [5.41, 5.74) is 1.03. The third kappa shape index (κ3) is 3.25. The first-order valence-corrected chi connectivity index (χ1v) is 7.80. The van der Waals surface area contributed by atoms with Crippen LogP contribution < -0.4 is 4.72 Å². The van der Waals surface area contributed by atoms with Crippen LogP contribution in [-0.2, 0) is 11.0 Å². The van der Waals surface area contributed by atoms with Gasteiger partial charge in [-0.3, -0.25) is 0 Å². The lowest BCUT2D eigenvalue weighted by Gasteiger charge is -2.23. The quantitative estimate of drug-likeness (QED) is 0.907. The topological polar surface area (TPSA) is 29.1 Å². The van der Waals surface area contributed by atoms with Crippen LogP contribution in [0.1, 0.15) is 39.3 Å². The molecule has 0 aliphatic carbocycles. The van der Waals surface area contributed by atoms with Gasteiger partial charge in [-0.2, -0.15) is 0 Å². The van der Waals surface area contributed by atoms with Crippen molar-refractivity contribution in [1.29, 1.82) is 0 Å². The molecular weight excluding hydrogens is 273 g/mol. The molecule has 2 aromatic rings. The van der Waals surface area contributed by atoms with E-state index in [1.54, 1.807) is 6.07 Å². The Morgan fingerprint density at radius 1 is 1.20 bits per heavy atom. The minimum atomic E-state index is -1.14. The molecule has 0 heterocycles. The molecule has 2 unspecified atom stereocenters. The molecule has 0 saturated carbocycles. The van der Waals surface area contributed by atoms with Crippen molar-refractivity contribution in [2.45, 2.75) is 38.5 Å². The maximum absolute atomic E-state index is 13.3. The lowest BCUT2D eigenvalue weighted by atomic mass is 10.0. The monoisotopic (exact) mass is 293 g/mol. The highest BCUT2D eigenvalue weighted by Crippen LogP contribution is 2.26. The molecular formula is C16H20FNOS. The van der Waals surface area contributed by atoms with Crippen LogP contribution in [0.5, 0.6) is 0 Å². The van der Waals surface area contributed by atoms with Gasteiger partial charge < -0.3 is 0 Å². The Morgan fingerprint density at radius 3 is 2.55 bits per heavy atom. The van der Waals surface area contributed by atoms with Gasteiger partial charge in [-0.1, -0.05) is 24.3 Å². The van der Waals surface area contributed by atoms with Crippen LogP contribution in [0.4, 0.5) is 4.39 Å². The van der Waals surface area contributed by atoms with E-state index in [9.17, 15) is 8.60 Å². The van der Waals surface area contributed by atoms with Gasteiger partial charge in [0.15, 0.2) is 0 Å². The van der Waals surface area contributed by atoms with Gasteiger partial charge in [0.1, 0.15) is 5.82 Å². The van der Waals surface area contributed by atoms with Crippen molar-refractivity contribution in [2.75, 3.05) is 0 Å². The molecule has 0 saturated heterocycles. The fourth-order valence-electron chi connectivity index (χ4n) is 2.06. The van der Waals surface area contributed by atoms with Crippen molar-refractivity contribution in [2.24, 2.45) is 0 Å². The highest BCUT2D eigenvalue weighted by atomic mass is 32.2. The molecule has 0 radical (unpaired) electrons. The second-order valence-corrected chi connectivity index (χ2v) is 7.93. The molecule has 1 N–H and O–H groups in total. The molecule has 2 nitrogen and oxygen atoms in total. The molecule has 0 spiro atoms. The Kier molecular flexibility index (Phi) is 4.25. The lowest BCUT2D eigenvalue weighted by molar-refractivity contribution is 0.617. The van der Waals surface area contributed by atoms with Crippen LogP contribution in [0.25, 0.3) is 10.8 Å². The zero-order chi connectivity index (χ0) is 14.9. The van der Waals surface area contributed by atoms with Crippen molar-refractivity contribution in [1.82, 2.24) is 4.72 Å². The Bertz CT molecular complexity index is 648. The zero-order valence-corrected chi connectivity index (χ0v) is 13.1. The van der Waals surface area contributed by atoms with Crippen molar-refractivity contribution in [3.8, 4) is 0 Å². The number of rotatable bonds is 3. The van der Waals surface area contributed by atoms with Crippen LogP contribution in [0.15, 0.2) is 36.4 Å². The van der Waals surface area contributed by atoms with E-state index in [0.717, 1.165) is 16.3 Å². The molecule has 2 atom stereocenters. The van der Waals surface area contributed by atoms with Gasteiger partial charge >= 0.3 is 0 Å². The summed E-state index contributed by atoms with van der Waals surface area (Å²) in [6.45, 7) is 7.77. The molecule has 0 aliphatic heterocycles. The zero-order valence-electron chi connectivity index (χ0n) is 12.2. The summed E-state index contributed by atoms with van der Waals surface area (Å²) in [7, 11) is -1.14. The highest BCUT2D eigenvalue weighted by molar-refractivity contribution is 7.84. The van der Waals surface area contributed by atoms with Gasteiger partial charge in [0.2, 0.25) is 0 Å². The third-order valence-electron chi connectivity index (χ3n) is 3.18. The lowest BCUT2D eigenvalue weighted by Crippen LogP contribution is -2.34. The van der Waals surface area contributed by atoms with E-state index in [1.165, 1.54) is 12.1 Å². The van der Waals surface area contributed by atoms with E-state index >= 15 is 0 Å². The van der Waals surface area contributed by atoms with Crippen LogP contribution in [0.3, 0.4) is 0 Å². The molecule has 0 bridgehead atoms. The largest absolute Gasteiger partial charge is 0.242 e. The first-order chi connectivity index (χ1) is 9.29. The summed E-state index contributed by atoms with van der Waals surface area (Å²) in [4.78, 5) is 0. The van der Waals surface area contributed by atoms with E-state index in [4.69, 9.17) is 0 Å². The van der Waals surface area contributed by atoms with E-state index in [-0.39, 0.29) is 16.6 Å². The third-order valence-corrected chi connectivity index (χ3v) is 4.86. The number of halogens is 1. The Hall–Kier alpha value is -1.26. The normalized spacial score (nSPS) is 15.2. The molecule has 4 heteroatoms. The summed E-state index contributed by atoms with van der Waals surface area (Å²) in [5, 5.41) is 1.84. The minimum Gasteiger partial charge on any atom is -0.242 e. The predicted molar refractivity (Wildman–Crippen MR) is 83.4 cm³/mol. The first-order valence-electron chi connectivity index (χ1n) is 6.65. The van der Waals surface area contributed by atoms with Gasteiger partial charge in [0, 0.05) is 6.04 Å². The number of benzene rings is 2. The predicted octanol–water partition coefficient (Wildman–Crippen LogP) is 4.09. The van der Waals surface area contributed by atoms with Gasteiger partial charge in [0.05, 0.1) is 15.7 Å². The molecule has 0 amide bonds. The molecule has 20 heavy (non-hydrogen) atoms. The van der Waals surface area contributed by atoms with Crippen molar-refractivity contribution in [3.63, 3.8) is 0 Å². The summed E-state index contributed by atoms with van der Waals surface area (Å²) >= 11 is 0. The van der Waals surface area contributed by atoms with Gasteiger partial charge in [-0.05, 0) is 56.2 Å². The van der Waals surface area contributed by atoms with Crippen molar-refractivity contribution in [3.05, 3.63) is 47.8 Å². The van der Waals surface area contributed by atoms with Gasteiger partial charge in [0.25, 0.3) is 0 Å². The second kappa shape index (κ2) is 5.62. The SMILES string of the molecule is CC(NS(=O)C(C)(C)C)c1cccc2cc(F)ccc12. The fraction of sp³-hybridized carbons (Fsp3) is 0.375. The molecule has 2 rings (SSSR count). The number of nitrogens with one attached hydrogen (secondary N) is 1. The van der Waals surface area contributed by atoms with E-state index in [2.05, 4.69) is 4.72 Å². The summed E-state index contributed by atoms with van der Waals surface area (Å²) in [5.74, 6) is -0.242. The molecule has 108 valence electrons. The smallest absolute Gasteiger partial charge is 0.123 e. The Morgan fingerprint density at radius 2 is 1.90 bits per heavy atom. The highest BCUT2D eigenvalue weighted by Gasteiger charge is 2.22. The van der Waals surface area contributed by atoms with Crippen molar-refractivity contribution < 1.29 is 8.60 Å². The van der Waals surface area contributed by atoms with Gasteiger partial charge in [-0.25, -0.2) is 13.3 Å². The molecule has 2 aromatic carbocycles. The second-order valence-electron chi connectivity index (χ2n) is 5.93. The van der Waals surface area contributed by atoms with E-state index in [1.807, 2.05) is 45.9 Å². The molecule has 0 fully saturated rings. The maximum atomic E-state index is 13.3. The Labute approximate surface area is 122 Å².